The molecule has 78 valence electrons. The lowest BCUT2D eigenvalue weighted by Gasteiger charge is -2.07. The van der Waals surface area contributed by atoms with Gasteiger partial charge in [0.2, 0.25) is 0 Å². The van der Waals surface area contributed by atoms with Gasteiger partial charge in [-0.3, -0.25) is 0 Å². The monoisotopic (exact) mass is 232 g/mol. The molecular weight excluding hydrogens is 220 g/mol. The molecule has 0 radical (unpaired) electrons. The zero-order valence-electron chi connectivity index (χ0n) is 7.98. The minimum atomic E-state index is -2.98. The maximum absolute atomic E-state index is 10.9. The van der Waals surface area contributed by atoms with Crippen LogP contribution < -0.4 is 0 Å². The topological polar surface area (TPSA) is 34.1 Å². The molecule has 0 heterocycles. The molecule has 2 nitrogen and oxygen atoms in total. The van der Waals surface area contributed by atoms with Crippen molar-refractivity contribution in [2.75, 3.05) is 12.0 Å². The van der Waals surface area contributed by atoms with E-state index in [9.17, 15) is 8.42 Å². The van der Waals surface area contributed by atoms with Crippen molar-refractivity contribution < 1.29 is 8.42 Å². The van der Waals surface area contributed by atoms with Crippen molar-refractivity contribution in [2.24, 2.45) is 0 Å². The normalized spacial score (nSPS) is 13.9. The summed E-state index contributed by atoms with van der Waals surface area (Å²) in [5.74, 6) is 0.0312. The highest BCUT2D eigenvalue weighted by molar-refractivity contribution is 7.90. The lowest BCUT2D eigenvalue weighted by Crippen LogP contribution is -2.16. The average Bonchev–Trinajstić information content (AvgIpc) is 2.02. The molecule has 14 heavy (non-hydrogen) atoms. The number of rotatable bonds is 4. The van der Waals surface area contributed by atoms with Crippen LogP contribution in [0.2, 0.25) is 0 Å². The number of halogens is 1. The molecule has 1 aromatic rings. The van der Waals surface area contributed by atoms with Gasteiger partial charge in [-0.05, 0) is 12.0 Å². The van der Waals surface area contributed by atoms with Crippen LogP contribution in [0, 0.1) is 0 Å². The minimum Gasteiger partial charge on any atom is -0.229 e. The summed E-state index contributed by atoms with van der Waals surface area (Å²) in [6.07, 6.45) is 1.79. The summed E-state index contributed by atoms with van der Waals surface area (Å²) in [6, 6.07) is 9.64. The molecule has 1 aromatic carbocycles. The molecule has 0 spiro atoms. The van der Waals surface area contributed by atoms with E-state index in [4.69, 9.17) is 11.6 Å². The molecule has 0 aliphatic heterocycles. The molecule has 0 saturated carbocycles. The fourth-order valence-electron chi connectivity index (χ4n) is 1.26. The van der Waals surface area contributed by atoms with Gasteiger partial charge >= 0.3 is 0 Å². The third kappa shape index (κ3) is 4.63. The molecule has 0 fully saturated rings. The van der Waals surface area contributed by atoms with Crippen LogP contribution >= 0.6 is 11.6 Å². The van der Waals surface area contributed by atoms with Crippen molar-refractivity contribution in [3.05, 3.63) is 35.9 Å². The van der Waals surface area contributed by atoms with Crippen LogP contribution in [0.1, 0.15) is 5.56 Å². The van der Waals surface area contributed by atoms with Gasteiger partial charge in [0.05, 0.1) is 11.1 Å². The van der Waals surface area contributed by atoms with Gasteiger partial charge in [-0.25, -0.2) is 8.42 Å². The van der Waals surface area contributed by atoms with E-state index < -0.39 is 9.84 Å². The molecule has 1 unspecified atom stereocenters. The first-order chi connectivity index (χ1) is 6.47. The molecule has 0 aromatic heterocycles. The van der Waals surface area contributed by atoms with E-state index in [-0.39, 0.29) is 11.1 Å². The van der Waals surface area contributed by atoms with Gasteiger partial charge in [-0.2, -0.15) is 0 Å². The second kappa shape index (κ2) is 4.80. The van der Waals surface area contributed by atoms with Crippen LogP contribution in [0.25, 0.3) is 0 Å². The summed E-state index contributed by atoms with van der Waals surface area (Å²) in [5, 5.41) is -0.340. The third-order valence-corrected chi connectivity index (χ3v) is 3.28. The van der Waals surface area contributed by atoms with Gasteiger partial charge in [0.1, 0.15) is 9.84 Å². The number of alkyl halides is 1. The van der Waals surface area contributed by atoms with Crippen molar-refractivity contribution in [1.82, 2.24) is 0 Å². The van der Waals surface area contributed by atoms with Gasteiger partial charge in [-0.1, -0.05) is 30.3 Å². The van der Waals surface area contributed by atoms with Crippen LogP contribution in [0.5, 0.6) is 0 Å². The van der Waals surface area contributed by atoms with E-state index >= 15 is 0 Å². The zero-order chi connectivity index (χ0) is 10.6. The molecule has 0 aliphatic rings. The lowest BCUT2D eigenvalue weighted by atomic mass is 10.1. The van der Waals surface area contributed by atoms with Crippen molar-refractivity contribution >= 4 is 21.4 Å². The molecule has 4 heteroatoms. The Balaban J connectivity index is 2.54. The maximum atomic E-state index is 10.9. The largest absolute Gasteiger partial charge is 0.229 e. The fourth-order valence-corrected chi connectivity index (χ4v) is 2.90. The van der Waals surface area contributed by atoms with E-state index in [1.165, 1.54) is 6.26 Å². The van der Waals surface area contributed by atoms with Crippen LogP contribution in [0.4, 0.5) is 0 Å². The summed E-state index contributed by atoms with van der Waals surface area (Å²) in [7, 11) is -2.98. The minimum absolute atomic E-state index is 0.0312. The Labute approximate surface area is 89.8 Å². The molecule has 0 bridgehead atoms. The van der Waals surface area contributed by atoms with Crippen LogP contribution in [0.3, 0.4) is 0 Å². The fraction of sp³-hybridized carbons (Fsp3) is 0.400. The Morgan fingerprint density at radius 3 is 2.36 bits per heavy atom. The van der Waals surface area contributed by atoms with Crippen molar-refractivity contribution in [2.45, 2.75) is 11.8 Å². The molecule has 0 saturated heterocycles. The van der Waals surface area contributed by atoms with Crippen LogP contribution in [0.15, 0.2) is 30.3 Å². The second-order valence-electron chi connectivity index (χ2n) is 3.38. The summed E-state index contributed by atoms with van der Waals surface area (Å²) in [6.45, 7) is 0. The molecule has 1 atom stereocenters. The Morgan fingerprint density at radius 2 is 1.86 bits per heavy atom. The smallest absolute Gasteiger partial charge is 0.148 e. The first-order valence-electron chi connectivity index (χ1n) is 4.33. The number of hydrogen-bond donors (Lipinski definition) is 0. The molecular formula is C10H13ClO2S. The van der Waals surface area contributed by atoms with Crippen LogP contribution in [-0.2, 0) is 16.3 Å². The molecule has 1 rings (SSSR count). The average molecular weight is 233 g/mol. The molecule has 0 amide bonds. The van der Waals surface area contributed by atoms with Gasteiger partial charge < -0.3 is 0 Å². The van der Waals surface area contributed by atoms with Crippen molar-refractivity contribution in [3.8, 4) is 0 Å². The third-order valence-electron chi connectivity index (χ3n) is 1.78. The quantitative estimate of drug-likeness (QED) is 0.743. The SMILES string of the molecule is CS(=O)(=O)CC(Cl)Cc1ccccc1. The Hall–Kier alpha value is -0.540. The predicted molar refractivity (Wildman–Crippen MR) is 59.5 cm³/mol. The summed E-state index contributed by atoms with van der Waals surface area (Å²) in [4.78, 5) is 0. The standard InChI is InChI=1S/C10H13ClO2S/c1-14(12,13)8-10(11)7-9-5-3-2-4-6-9/h2-6,10H,7-8H2,1H3. The highest BCUT2D eigenvalue weighted by Gasteiger charge is 2.12. The maximum Gasteiger partial charge on any atom is 0.148 e. The Kier molecular flexibility index (Phi) is 3.96. The van der Waals surface area contributed by atoms with E-state index in [1.807, 2.05) is 30.3 Å². The summed E-state index contributed by atoms with van der Waals surface area (Å²) in [5.41, 5.74) is 1.07. The highest BCUT2D eigenvalue weighted by atomic mass is 35.5. The number of benzene rings is 1. The zero-order valence-corrected chi connectivity index (χ0v) is 9.55. The van der Waals surface area contributed by atoms with Crippen LogP contribution in [-0.4, -0.2) is 25.8 Å². The summed E-state index contributed by atoms with van der Waals surface area (Å²) >= 11 is 5.92. The Morgan fingerprint density at radius 1 is 1.29 bits per heavy atom. The van der Waals surface area contributed by atoms with Crippen molar-refractivity contribution in [1.29, 1.82) is 0 Å². The van der Waals surface area contributed by atoms with Crippen molar-refractivity contribution in [3.63, 3.8) is 0 Å². The van der Waals surface area contributed by atoms with E-state index in [1.54, 1.807) is 0 Å². The van der Waals surface area contributed by atoms with E-state index in [2.05, 4.69) is 0 Å². The van der Waals surface area contributed by atoms with Gasteiger partial charge in [-0.15, -0.1) is 11.6 Å². The number of hydrogen-bond acceptors (Lipinski definition) is 2. The predicted octanol–water partition coefficient (Wildman–Crippen LogP) is 1.88. The second-order valence-corrected chi connectivity index (χ2v) is 6.18. The number of sulfone groups is 1. The lowest BCUT2D eigenvalue weighted by molar-refractivity contribution is 0.599. The van der Waals surface area contributed by atoms with Gasteiger partial charge in [0.25, 0.3) is 0 Å². The summed E-state index contributed by atoms with van der Waals surface area (Å²) < 4.78 is 21.9. The first-order valence-corrected chi connectivity index (χ1v) is 6.83. The highest BCUT2D eigenvalue weighted by Crippen LogP contribution is 2.09. The van der Waals surface area contributed by atoms with Gasteiger partial charge in [0, 0.05) is 6.26 Å². The molecule has 0 N–H and O–H groups in total. The molecule has 0 aliphatic carbocycles. The van der Waals surface area contributed by atoms with E-state index in [0.717, 1.165) is 5.56 Å². The first kappa shape index (κ1) is 11.5. The van der Waals surface area contributed by atoms with Gasteiger partial charge in [0.15, 0.2) is 0 Å². The Bertz CT molecular complexity index is 372. The van der Waals surface area contributed by atoms with E-state index in [0.29, 0.717) is 6.42 Å².